The highest BCUT2D eigenvalue weighted by atomic mass is 16.5. The first-order chi connectivity index (χ1) is 15.5. The summed E-state index contributed by atoms with van der Waals surface area (Å²) >= 11 is 0. The SMILES string of the molecule is CCOC(=O)C(CCCN1C(=O)c2ccccc2C1=O)=NNc1cc(OC)ccc1OC. The molecule has 0 bridgehead atoms. The van der Waals surface area contributed by atoms with Crippen LogP contribution in [0, 0.1) is 0 Å². The maximum Gasteiger partial charge on any atom is 0.354 e. The average Bonchev–Trinajstić information content (AvgIpc) is 3.06. The maximum absolute atomic E-state index is 12.5. The Kier molecular flexibility index (Phi) is 7.43. The second kappa shape index (κ2) is 10.4. The molecule has 1 N–H and O–H groups in total. The second-order valence-electron chi connectivity index (χ2n) is 6.87. The molecule has 1 heterocycles. The highest BCUT2D eigenvalue weighted by Crippen LogP contribution is 2.29. The van der Waals surface area contributed by atoms with E-state index in [2.05, 4.69) is 10.5 Å². The molecule has 0 spiro atoms. The van der Waals surface area contributed by atoms with Crippen LogP contribution in [0.15, 0.2) is 47.6 Å². The number of hydrazone groups is 1. The molecule has 3 rings (SSSR count). The summed E-state index contributed by atoms with van der Waals surface area (Å²) in [6, 6.07) is 11.8. The molecule has 9 heteroatoms. The fourth-order valence-corrected chi connectivity index (χ4v) is 3.29. The number of nitrogens with one attached hydrogen (secondary N) is 1. The van der Waals surface area contributed by atoms with Crippen molar-refractivity contribution in [1.82, 2.24) is 4.90 Å². The van der Waals surface area contributed by atoms with E-state index >= 15 is 0 Å². The summed E-state index contributed by atoms with van der Waals surface area (Å²) in [6.07, 6.45) is 0.547. The zero-order valence-corrected chi connectivity index (χ0v) is 18.2. The van der Waals surface area contributed by atoms with Gasteiger partial charge in [-0.15, -0.1) is 0 Å². The quantitative estimate of drug-likeness (QED) is 0.262. The van der Waals surface area contributed by atoms with Crippen LogP contribution < -0.4 is 14.9 Å². The number of hydrogen-bond acceptors (Lipinski definition) is 8. The lowest BCUT2D eigenvalue weighted by molar-refractivity contribution is -0.135. The van der Waals surface area contributed by atoms with Crippen LogP contribution in [0.3, 0.4) is 0 Å². The number of anilines is 1. The van der Waals surface area contributed by atoms with E-state index in [4.69, 9.17) is 14.2 Å². The molecule has 2 aromatic rings. The van der Waals surface area contributed by atoms with Gasteiger partial charge >= 0.3 is 5.97 Å². The minimum atomic E-state index is -0.579. The molecule has 0 aromatic heterocycles. The van der Waals surface area contributed by atoms with Crippen molar-refractivity contribution in [1.29, 1.82) is 0 Å². The lowest BCUT2D eigenvalue weighted by Gasteiger charge is -2.14. The van der Waals surface area contributed by atoms with Crippen LogP contribution in [0.25, 0.3) is 0 Å². The van der Waals surface area contributed by atoms with Crippen molar-refractivity contribution in [3.63, 3.8) is 0 Å². The van der Waals surface area contributed by atoms with E-state index in [1.165, 1.54) is 19.1 Å². The molecule has 9 nitrogen and oxygen atoms in total. The van der Waals surface area contributed by atoms with Crippen molar-refractivity contribution >= 4 is 29.2 Å². The number of amides is 2. The molecule has 2 aromatic carbocycles. The standard InChI is InChI=1S/C23H25N3O6/c1-4-32-23(29)18(24-25-19-14-15(30-2)11-12-20(19)31-3)10-7-13-26-21(27)16-8-5-6-9-17(16)22(26)28/h5-6,8-9,11-12,14,25H,4,7,10,13H2,1-3H3. The second-order valence-corrected chi connectivity index (χ2v) is 6.87. The summed E-state index contributed by atoms with van der Waals surface area (Å²) in [6.45, 7) is 2.05. The van der Waals surface area contributed by atoms with Gasteiger partial charge in [-0.2, -0.15) is 5.10 Å². The third-order valence-electron chi connectivity index (χ3n) is 4.90. The van der Waals surface area contributed by atoms with Gasteiger partial charge in [-0.05, 0) is 37.6 Å². The van der Waals surface area contributed by atoms with Gasteiger partial charge in [0.1, 0.15) is 22.9 Å². The summed E-state index contributed by atoms with van der Waals surface area (Å²) in [4.78, 5) is 38.6. The number of esters is 1. The van der Waals surface area contributed by atoms with Gasteiger partial charge in [0.15, 0.2) is 0 Å². The highest BCUT2D eigenvalue weighted by Gasteiger charge is 2.34. The molecule has 0 saturated heterocycles. The first kappa shape index (κ1) is 22.8. The van der Waals surface area contributed by atoms with Crippen molar-refractivity contribution < 1.29 is 28.6 Å². The number of nitrogens with zero attached hydrogens (tertiary/aromatic N) is 2. The first-order valence-corrected chi connectivity index (χ1v) is 10.2. The van der Waals surface area contributed by atoms with Gasteiger partial charge in [-0.1, -0.05) is 12.1 Å². The molecule has 0 atom stereocenters. The van der Waals surface area contributed by atoms with E-state index in [-0.39, 0.29) is 37.1 Å². The zero-order valence-electron chi connectivity index (χ0n) is 18.2. The molecule has 32 heavy (non-hydrogen) atoms. The lowest BCUT2D eigenvalue weighted by Crippen LogP contribution is -2.31. The molecular weight excluding hydrogens is 414 g/mol. The van der Waals surface area contributed by atoms with Crippen molar-refractivity contribution in [2.24, 2.45) is 5.10 Å². The molecule has 0 radical (unpaired) electrons. The number of benzene rings is 2. The number of methoxy groups -OCH3 is 2. The van der Waals surface area contributed by atoms with Crippen LogP contribution >= 0.6 is 0 Å². The Balaban J connectivity index is 1.70. The monoisotopic (exact) mass is 439 g/mol. The van der Waals surface area contributed by atoms with Gasteiger partial charge in [0.2, 0.25) is 0 Å². The molecule has 1 aliphatic heterocycles. The third kappa shape index (κ3) is 4.88. The van der Waals surface area contributed by atoms with E-state index in [9.17, 15) is 14.4 Å². The Morgan fingerprint density at radius 1 is 1.03 bits per heavy atom. The summed E-state index contributed by atoms with van der Waals surface area (Å²) in [7, 11) is 3.06. The van der Waals surface area contributed by atoms with Gasteiger partial charge in [-0.3, -0.25) is 19.9 Å². The third-order valence-corrected chi connectivity index (χ3v) is 4.90. The molecular formula is C23H25N3O6. The molecule has 2 amide bonds. The van der Waals surface area contributed by atoms with Crippen molar-refractivity contribution in [3.8, 4) is 11.5 Å². The highest BCUT2D eigenvalue weighted by molar-refractivity contribution is 6.36. The van der Waals surface area contributed by atoms with Gasteiger partial charge in [0.05, 0.1) is 32.0 Å². The van der Waals surface area contributed by atoms with Crippen molar-refractivity contribution in [2.45, 2.75) is 19.8 Å². The first-order valence-electron chi connectivity index (χ1n) is 10.2. The van der Waals surface area contributed by atoms with Crippen LogP contribution in [-0.2, 0) is 9.53 Å². The zero-order chi connectivity index (χ0) is 23.1. The van der Waals surface area contributed by atoms with Crippen LogP contribution in [-0.4, -0.2) is 55.8 Å². The number of rotatable bonds is 10. The number of fused-ring (bicyclic) bond motifs is 1. The van der Waals surface area contributed by atoms with Gasteiger partial charge in [0.25, 0.3) is 11.8 Å². The Hall–Kier alpha value is -3.88. The molecule has 0 unspecified atom stereocenters. The van der Waals surface area contributed by atoms with Crippen LogP contribution in [0.5, 0.6) is 11.5 Å². The summed E-state index contributed by atoms with van der Waals surface area (Å²) in [5.74, 6) is -0.140. The number of carbonyl (C=O) groups excluding carboxylic acids is 3. The van der Waals surface area contributed by atoms with E-state index in [1.807, 2.05) is 0 Å². The lowest BCUT2D eigenvalue weighted by atomic mass is 10.1. The molecule has 0 fully saturated rings. The predicted octanol–water partition coefficient (Wildman–Crippen LogP) is 3.11. The topological polar surface area (TPSA) is 107 Å². The smallest absolute Gasteiger partial charge is 0.354 e. The molecule has 168 valence electrons. The minimum Gasteiger partial charge on any atom is -0.497 e. The maximum atomic E-state index is 12.5. The fraction of sp³-hybridized carbons (Fsp3) is 0.304. The van der Waals surface area contributed by atoms with E-state index in [0.29, 0.717) is 34.7 Å². The van der Waals surface area contributed by atoms with Crippen LogP contribution in [0.2, 0.25) is 0 Å². The normalized spacial score (nSPS) is 13.1. The molecule has 1 aliphatic rings. The minimum absolute atomic E-state index is 0.133. The van der Waals surface area contributed by atoms with E-state index < -0.39 is 5.97 Å². The summed E-state index contributed by atoms with van der Waals surface area (Å²) in [5.41, 5.74) is 4.25. The fourth-order valence-electron chi connectivity index (χ4n) is 3.29. The Bertz CT molecular complexity index is 1010. The van der Waals surface area contributed by atoms with Crippen molar-refractivity contribution in [2.75, 3.05) is 32.8 Å². The van der Waals surface area contributed by atoms with Gasteiger partial charge in [0, 0.05) is 19.0 Å². The van der Waals surface area contributed by atoms with Crippen molar-refractivity contribution in [3.05, 3.63) is 53.6 Å². The Morgan fingerprint density at radius 2 is 1.72 bits per heavy atom. The number of hydrogen-bond donors (Lipinski definition) is 1. The van der Waals surface area contributed by atoms with E-state index in [1.54, 1.807) is 49.4 Å². The number of imide groups is 1. The average molecular weight is 439 g/mol. The van der Waals surface area contributed by atoms with E-state index in [0.717, 1.165) is 0 Å². The predicted molar refractivity (Wildman–Crippen MR) is 118 cm³/mol. The number of ether oxygens (including phenoxy) is 3. The summed E-state index contributed by atoms with van der Waals surface area (Å²) in [5, 5.41) is 4.21. The molecule has 0 saturated carbocycles. The molecule has 0 aliphatic carbocycles. The van der Waals surface area contributed by atoms with Gasteiger partial charge in [-0.25, -0.2) is 4.79 Å². The van der Waals surface area contributed by atoms with Gasteiger partial charge < -0.3 is 14.2 Å². The Labute approximate surface area is 185 Å². The Morgan fingerprint density at radius 3 is 2.31 bits per heavy atom. The number of carbonyl (C=O) groups is 3. The van der Waals surface area contributed by atoms with Crippen LogP contribution in [0.1, 0.15) is 40.5 Å². The van der Waals surface area contributed by atoms with Crippen LogP contribution in [0.4, 0.5) is 5.69 Å². The summed E-state index contributed by atoms with van der Waals surface area (Å²) < 4.78 is 15.6. The largest absolute Gasteiger partial charge is 0.497 e.